The summed E-state index contributed by atoms with van der Waals surface area (Å²) in [5.74, 6) is 0.642. The van der Waals surface area contributed by atoms with Gasteiger partial charge in [0.2, 0.25) is 0 Å². The highest BCUT2D eigenvalue weighted by molar-refractivity contribution is 9.10. The Hall–Kier alpha value is -1.48. The summed E-state index contributed by atoms with van der Waals surface area (Å²) in [5.41, 5.74) is 1.10. The molecule has 0 radical (unpaired) electrons. The molecule has 0 unspecified atom stereocenters. The fourth-order valence-corrected chi connectivity index (χ4v) is 4.27. The zero-order valence-corrected chi connectivity index (χ0v) is 19.1. The largest absolute Gasteiger partial charge is 0.484 e. The van der Waals surface area contributed by atoms with Gasteiger partial charge >= 0.3 is 6.09 Å². The first-order valence-corrected chi connectivity index (χ1v) is 11.3. The van der Waals surface area contributed by atoms with E-state index in [2.05, 4.69) is 25.3 Å². The minimum absolute atomic E-state index is 0.290. The molecule has 2 aliphatic rings. The second kappa shape index (κ2) is 8.10. The van der Waals surface area contributed by atoms with Gasteiger partial charge in [-0.05, 0) is 49.7 Å². The lowest BCUT2D eigenvalue weighted by atomic mass is 9.82. The summed E-state index contributed by atoms with van der Waals surface area (Å²) in [6.07, 6.45) is 3.25. The number of likely N-dealkylation sites (tertiary alicyclic amines) is 1. The van der Waals surface area contributed by atoms with Crippen molar-refractivity contribution in [3.8, 4) is 5.75 Å². The summed E-state index contributed by atoms with van der Waals surface area (Å²) in [6.45, 7) is 8.98. The van der Waals surface area contributed by atoms with Crippen LogP contribution in [0.25, 0.3) is 0 Å². The van der Waals surface area contributed by atoms with Crippen LogP contribution in [0.3, 0.4) is 0 Å². The molecule has 9 heteroatoms. The molecule has 3 rings (SSSR count). The Bertz CT molecular complexity index is 814. The van der Waals surface area contributed by atoms with E-state index in [1.807, 2.05) is 26.8 Å². The minimum atomic E-state index is -1.37. The molecule has 154 valence electrons. The number of hydrogen-bond acceptors (Lipinski definition) is 5. The van der Waals surface area contributed by atoms with E-state index in [1.54, 1.807) is 18.0 Å². The van der Waals surface area contributed by atoms with Gasteiger partial charge < -0.3 is 14.4 Å². The maximum absolute atomic E-state index is 12.7. The Labute approximate surface area is 176 Å². The molecule has 2 aliphatic heterocycles. The van der Waals surface area contributed by atoms with Crippen LogP contribution in [0.1, 0.15) is 52.5 Å². The van der Waals surface area contributed by atoms with E-state index in [-0.39, 0.29) is 6.09 Å². The Balaban J connectivity index is 1.89. The molecule has 1 aromatic heterocycles. The van der Waals surface area contributed by atoms with Gasteiger partial charge in [0.1, 0.15) is 26.9 Å². The van der Waals surface area contributed by atoms with Gasteiger partial charge in [0, 0.05) is 37.9 Å². The lowest BCUT2D eigenvalue weighted by Gasteiger charge is -2.44. The van der Waals surface area contributed by atoms with Crippen LogP contribution in [0.15, 0.2) is 21.3 Å². The molecular weight excluding hydrogens is 446 g/mol. The number of nitrogens with zero attached hydrogens (tertiary/aromatic N) is 3. The Morgan fingerprint density at radius 3 is 2.71 bits per heavy atom. The van der Waals surface area contributed by atoms with Gasteiger partial charge in [0.25, 0.3) is 0 Å². The standard InChI is InChI=1S/C19H26BrN3O4S/c1-5-26-17(24)23-8-6-19(7-9-23)11-14(22-28(25)18(2,3)4)13-10-16(20)21-12-15(13)27-19/h10,12H,5-9,11H2,1-4H3/t28-/m0/s1. The summed E-state index contributed by atoms with van der Waals surface area (Å²) in [6, 6.07) is 1.86. The number of halogens is 1. The highest BCUT2D eigenvalue weighted by Gasteiger charge is 2.43. The van der Waals surface area contributed by atoms with Gasteiger partial charge in [-0.1, -0.05) is 0 Å². The zero-order chi connectivity index (χ0) is 20.5. The van der Waals surface area contributed by atoms with E-state index >= 15 is 0 Å². The van der Waals surface area contributed by atoms with Crippen molar-refractivity contribution < 1.29 is 18.5 Å². The average molecular weight is 472 g/mol. The Morgan fingerprint density at radius 1 is 1.43 bits per heavy atom. The first kappa shape index (κ1) is 21.2. The predicted octanol–water partition coefficient (Wildman–Crippen LogP) is 3.87. The Kier molecular flexibility index (Phi) is 6.14. The number of ether oxygens (including phenoxy) is 2. The van der Waals surface area contributed by atoms with Gasteiger partial charge in [-0.15, -0.1) is 0 Å². The average Bonchev–Trinajstić information content (AvgIpc) is 2.62. The summed E-state index contributed by atoms with van der Waals surface area (Å²) in [7, 11) is -1.37. The molecule has 7 nitrogen and oxygen atoms in total. The molecule has 1 atom stereocenters. The molecule has 1 spiro atoms. The van der Waals surface area contributed by atoms with E-state index < -0.39 is 21.3 Å². The van der Waals surface area contributed by atoms with Crippen LogP contribution in [0, 0.1) is 0 Å². The van der Waals surface area contributed by atoms with Crippen LogP contribution in [-0.2, 0) is 15.7 Å². The smallest absolute Gasteiger partial charge is 0.409 e. The number of fused-ring (bicyclic) bond motifs is 1. The highest BCUT2D eigenvalue weighted by atomic mass is 79.9. The molecule has 1 fully saturated rings. The van der Waals surface area contributed by atoms with Crippen LogP contribution in [0.5, 0.6) is 5.75 Å². The Morgan fingerprint density at radius 2 is 2.11 bits per heavy atom. The molecule has 1 saturated heterocycles. The number of piperidine rings is 1. The first-order valence-electron chi connectivity index (χ1n) is 9.40. The number of pyridine rings is 1. The van der Waals surface area contributed by atoms with Crippen LogP contribution in [0.4, 0.5) is 4.79 Å². The van der Waals surface area contributed by atoms with Crippen molar-refractivity contribution in [3.63, 3.8) is 0 Å². The number of amides is 1. The van der Waals surface area contributed by atoms with Crippen molar-refractivity contribution in [3.05, 3.63) is 22.4 Å². The monoisotopic (exact) mass is 471 g/mol. The number of aromatic nitrogens is 1. The van der Waals surface area contributed by atoms with Crippen LogP contribution >= 0.6 is 15.9 Å². The highest BCUT2D eigenvalue weighted by Crippen LogP contribution is 2.40. The summed E-state index contributed by atoms with van der Waals surface area (Å²) < 4.78 is 29.0. The van der Waals surface area contributed by atoms with E-state index in [1.165, 1.54) is 0 Å². The molecule has 0 bridgehead atoms. The molecular formula is C19H26BrN3O4S. The van der Waals surface area contributed by atoms with Crippen molar-refractivity contribution in [1.82, 2.24) is 9.88 Å². The molecule has 1 aromatic rings. The maximum atomic E-state index is 12.7. The molecule has 1 amide bonds. The first-order chi connectivity index (χ1) is 13.1. The van der Waals surface area contributed by atoms with E-state index in [9.17, 15) is 9.00 Å². The topological polar surface area (TPSA) is 81.1 Å². The van der Waals surface area contributed by atoms with Gasteiger partial charge in [-0.3, -0.25) is 0 Å². The predicted molar refractivity (Wildman–Crippen MR) is 112 cm³/mol. The van der Waals surface area contributed by atoms with Crippen molar-refractivity contribution in [2.45, 2.75) is 57.3 Å². The van der Waals surface area contributed by atoms with Crippen LogP contribution in [-0.4, -0.2) is 55.9 Å². The van der Waals surface area contributed by atoms with Crippen LogP contribution in [0.2, 0.25) is 0 Å². The molecule has 0 aliphatic carbocycles. The summed E-state index contributed by atoms with van der Waals surface area (Å²) in [5, 5.41) is 0. The summed E-state index contributed by atoms with van der Waals surface area (Å²) in [4.78, 5) is 18.0. The number of rotatable bonds is 2. The second-order valence-corrected chi connectivity index (χ2v) is 10.8. The number of carbonyl (C=O) groups is 1. The van der Waals surface area contributed by atoms with Crippen molar-refractivity contribution in [2.24, 2.45) is 4.40 Å². The molecule has 3 heterocycles. The number of carbonyl (C=O) groups excluding carboxylic acids is 1. The third kappa shape index (κ3) is 4.56. The van der Waals surface area contributed by atoms with Gasteiger partial charge in [-0.25, -0.2) is 14.0 Å². The second-order valence-electron chi connectivity index (χ2n) is 8.05. The molecule has 0 aromatic carbocycles. The van der Waals surface area contributed by atoms with Crippen LogP contribution < -0.4 is 4.74 Å². The fourth-order valence-electron chi connectivity index (χ4n) is 3.30. The fraction of sp³-hybridized carbons (Fsp3) is 0.632. The molecule has 0 saturated carbocycles. The van der Waals surface area contributed by atoms with E-state index in [0.717, 1.165) is 11.3 Å². The van der Waals surface area contributed by atoms with Crippen molar-refractivity contribution in [1.29, 1.82) is 0 Å². The number of hydrogen-bond donors (Lipinski definition) is 0. The van der Waals surface area contributed by atoms with Gasteiger partial charge in [0.15, 0.2) is 0 Å². The quantitative estimate of drug-likeness (QED) is 0.611. The third-order valence-electron chi connectivity index (χ3n) is 4.88. The molecule has 28 heavy (non-hydrogen) atoms. The van der Waals surface area contributed by atoms with Gasteiger partial charge in [0.05, 0.1) is 23.3 Å². The third-order valence-corrected chi connectivity index (χ3v) is 6.75. The van der Waals surface area contributed by atoms with E-state index in [4.69, 9.17) is 9.47 Å². The maximum Gasteiger partial charge on any atom is 0.409 e. The minimum Gasteiger partial charge on any atom is -0.484 e. The summed E-state index contributed by atoms with van der Waals surface area (Å²) >= 11 is 3.39. The van der Waals surface area contributed by atoms with E-state index in [0.29, 0.717) is 49.3 Å². The zero-order valence-electron chi connectivity index (χ0n) is 16.7. The lowest BCUT2D eigenvalue weighted by Crippen LogP contribution is -2.52. The van der Waals surface area contributed by atoms with Crippen molar-refractivity contribution in [2.75, 3.05) is 19.7 Å². The SMILES string of the molecule is CCOC(=O)N1CCC2(CC1)CC(=N[S@@](=O)C(C)(C)C)c1cc(Br)ncc1O2. The lowest BCUT2D eigenvalue weighted by molar-refractivity contribution is 0.00202. The molecule has 0 N–H and O–H groups in total. The van der Waals surface area contributed by atoms with Crippen molar-refractivity contribution >= 4 is 38.7 Å². The van der Waals surface area contributed by atoms with Gasteiger partial charge in [-0.2, -0.15) is 4.40 Å². The normalized spacial score (nSPS) is 21.2.